The molecule has 0 saturated carbocycles. The molecular formula is C71H126O6. The fourth-order valence-electron chi connectivity index (χ4n) is 9.64. The second kappa shape index (κ2) is 65.4. The Kier molecular flexibility index (Phi) is 62.7. The molecule has 6 heteroatoms. The highest BCUT2D eigenvalue weighted by Crippen LogP contribution is 2.17. The zero-order chi connectivity index (χ0) is 55.7. The summed E-state index contributed by atoms with van der Waals surface area (Å²) in [4.78, 5) is 38.2. The molecule has 1 unspecified atom stereocenters. The van der Waals surface area contributed by atoms with E-state index in [4.69, 9.17) is 14.2 Å². The molecule has 6 nitrogen and oxygen atoms in total. The first kappa shape index (κ1) is 73.8. The molecule has 0 rings (SSSR count). The molecule has 0 aromatic carbocycles. The molecule has 0 heterocycles. The number of carbonyl (C=O) groups excluding carboxylic acids is 3. The van der Waals surface area contributed by atoms with Crippen LogP contribution in [0.1, 0.15) is 342 Å². The SMILES string of the molecule is CCCCCCC/C=C\C/C=C\C/C=C\CCCCCCCCCCCCCCC(=O)OCC(COC(=O)CCCCCCCCCCC)OC(=O)CCCCCCCCCC/C=C\C/C=C\C/C=C\CCCCCCC. The summed E-state index contributed by atoms with van der Waals surface area (Å²) in [5.41, 5.74) is 0. The van der Waals surface area contributed by atoms with Gasteiger partial charge in [0.05, 0.1) is 0 Å². The molecule has 0 saturated heterocycles. The fourth-order valence-corrected chi connectivity index (χ4v) is 9.64. The van der Waals surface area contributed by atoms with Crippen molar-refractivity contribution in [2.75, 3.05) is 13.2 Å². The molecule has 0 aliphatic carbocycles. The van der Waals surface area contributed by atoms with Gasteiger partial charge in [0.1, 0.15) is 13.2 Å². The Balaban J connectivity index is 4.20. The van der Waals surface area contributed by atoms with Crippen LogP contribution in [-0.4, -0.2) is 37.2 Å². The Hall–Kier alpha value is -3.15. The van der Waals surface area contributed by atoms with E-state index in [0.717, 1.165) is 89.9 Å². The largest absolute Gasteiger partial charge is 0.462 e. The van der Waals surface area contributed by atoms with Crippen molar-refractivity contribution in [1.82, 2.24) is 0 Å². The number of rotatable bonds is 61. The zero-order valence-electron chi connectivity index (χ0n) is 51.2. The van der Waals surface area contributed by atoms with Crippen LogP contribution in [0.2, 0.25) is 0 Å². The second-order valence-corrected chi connectivity index (χ2v) is 22.4. The van der Waals surface area contributed by atoms with Crippen molar-refractivity contribution >= 4 is 17.9 Å². The fraction of sp³-hybridized carbons (Fsp3) is 0.789. The number of hydrogen-bond donors (Lipinski definition) is 0. The molecule has 0 aromatic heterocycles. The third-order valence-electron chi connectivity index (χ3n) is 14.7. The topological polar surface area (TPSA) is 78.9 Å². The Morgan fingerprint density at radius 2 is 0.468 bits per heavy atom. The van der Waals surface area contributed by atoms with E-state index in [-0.39, 0.29) is 31.1 Å². The van der Waals surface area contributed by atoms with E-state index in [1.807, 2.05) is 0 Å². The van der Waals surface area contributed by atoms with Crippen LogP contribution in [0.15, 0.2) is 72.9 Å². The van der Waals surface area contributed by atoms with Crippen molar-refractivity contribution in [3.05, 3.63) is 72.9 Å². The predicted octanol–water partition coefficient (Wildman–Crippen LogP) is 22.9. The number of hydrogen-bond acceptors (Lipinski definition) is 6. The van der Waals surface area contributed by atoms with Gasteiger partial charge in [0.25, 0.3) is 0 Å². The lowest BCUT2D eigenvalue weighted by Gasteiger charge is -2.18. The summed E-state index contributed by atoms with van der Waals surface area (Å²) >= 11 is 0. The Bertz CT molecular complexity index is 1420. The van der Waals surface area contributed by atoms with Crippen LogP contribution >= 0.6 is 0 Å². The minimum atomic E-state index is -0.779. The van der Waals surface area contributed by atoms with Crippen molar-refractivity contribution in [2.24, 2.45) is 0 Å². The van der Waals surface area contributed by atoms with E-state index >= 15 is 0 Å². The molecule has 0 bridgehead atoms. The van der Waals surface area contributed by atoms with Gasteiger partial charge in [-0.2, -0.15) is 0 Å². The van der Waals surface area contributed by atoms with Crippen LogP contribution in [0.4, 0.5) is 0 Å². The molecule has 0 fully saturated rings. The Morgan fingerprint density at radius 1 is 0.260 bits per heavy atom. The van der Waals surface area contributed by atoms with Gasteiger partial charge in [0.15, 0.2) is 6.10 Å². The van der Waals surface area contributed by atoms with Gasteiger partial charge in [0, 0.05) is 19.3 Å². The molecule has 446 valence electrons. The highest BCUT2D eigenvalue weighted by atomic mass is 16.6. The zero-order valence-corrected chi connectivity index (χ0v) is 51.2. The number of allylic oxidation sites excluding steroid dienone is 12. The number of esters is 3. The minimum absolute atomic E-state index is 0.0762. The first-order valence-electron chi connectivity index (χ1n) is 33.4. The smallest absolute Gasteiger partial charge is 0.306 e. The highest BCUT2D eigenvalue weighted by molar-refractivity contribution is 5.71. The van der Waals surface area contributed by atoms with Crippen molar-refractivity contribution in [3.63, 3.8) is 0 Å². The summed E-state index contributed by atoms with van der Waals surface area (Å²) in [6.07, 6.45) is 84.9. The van der Waals surface area contributed by atoms with Crippen LogP contribution < -0.4 is 0 Å². The lowest BCUT2D eigenvalue weighted by molar-refractivity contribution is -0.167. The van der Waals surface area contributed by atoms with E-state index in [1.165, 1.54) is 212 Å². The van der Waals surface area contributed by atoms with Gasteiger partial charge < -0.3 is 14.2 Å². The third kappa shape index (κ3) is 63.6. The van der Waals surface area contributed by atoms with E-state index < -0.39 is 6.10 Å². The standard InChI is InChI=1S/C71H126O6/c1-4-7-10-13-16-19-21-23-25-27-29-31-33-34-35-36-38-39-41-43-45-47-49-52-55-58-61-64-70(73)76-67-68(66-75-69(72)63-60-57-54-51-18-15-12-9-6-3)77-71(74)65-62-59-56-53-50-48-46-44-42-40-37-32-30-28-26-24-22-20-17-14-11-8-5-2/h21-24,27-30,33-34,37,40,68H,4-20,25-26,31-32,35-36,38-39,41-67H2,1-3H3/b23-21-,24-22-,29-27-,30-28-,34-33-,40-37-. The van der Waals surface area contributed by atoms with Crippen molar-refractivity contribution < 1.29 is 28.6 Å². The van der Waals surface area contributed by atoms with E-state index in [9.17, 15) is 14.4 Å². The highest BCUT2D eigenvalue weighted by Gasteiger charge is 2.19. The lowest BCUT2D eigenvalue weighted by Crippen LogP contribution is -2.30. The molecule has 1 atom stereocenters. The first-order valence-corrected chi connectivity index (χ1v) is 33.4. The molecule has 77 heavy (non-hydrogen) atoms. The summed E-state index contributed by atoms with van der Waals surface area (Å²) < 4.78 is 16.9. The van der Waals surface area contributed by atoms with Gasteiger partial charge in [-0.1, -0.05) is 299 Å². The molecular weight excluding hydrogens is 949 g/mol. The number of unbranched alkanes of at least 4 members (excludes halogenated alkanes) is 38. The van der Waals surface area contributed by atoms with Gasteiger partial charge in [-0.05, 0) is 96.3 Å². The molecule has 0 aliphatic rings. The Morgan fingerprint density at radius 3 is 0.727 bits per heavy atom. The van der Waals surface area contributed by atoms with Crippen LogP contribution in [0, 0.1) is 0 Å². The molecule has 0 amide bonds. The molecule has 0 spiro atoms. The summed E-state index contributed by atoms with van der Waals surface area (Å²) in [6.45, 7) is 6.63. The number of carbonyl (C=O) groups is 3. The summed E-state index contributed by atoms with van der Waals surface area (Å²) in [7, 11) is 0. The first-order chi connectivity index (χ1) is 38.0. The Labute approximate surface area is 478 Å². The van der Waals surface area contributed by atoms with Crippen LogP contribution in [0.5, 0.6) is 0 Å². The van der Waals surface area contributed by atoms with Crippen molar-refractivity contribution in [3.8, 4) is 0 Å². The summed E-state index contributed by atoms with van der Waals surface area (Å²) in [6, 6.07) is 0. The van der Waals surface area contributed by atoms with Crippen LogP contribution in [0.3, 0.4) is 0 Å². The average molecular weight is 1080 g/mol. The van der Waals surface area contributed by atoms with Crippen LogP contribution in [-0.2, 0) is 28.6 Å². The maximum absolute atomic E-state index is 12.9. The van der Waals surface area contributed by atoms with Gasteiger partial charge in [-0.3, -0.25) is 14.4 Å². The predicted molar refractivity (Wildman–Crippen MR) is 335 cm³/mol. The van der Waals surface area contributed by atoms with Crippen molar-refractivity contribution in [2.45, 2.75) is 348 Å². The molecule has 0 aromatic rings. The minimum Gasteiger partial charge on any atom is -0.462 e. The van der Waals surface area contributed by atoms with Crippen molar-refractivity contribution in [1.29, 1.82) is 0 Å². The van der Waals surface area contributed by atoms with Gasteiger partial charge in [-0.15, -0.1) is 0 Å². The quantitative estimate of drug-likeness (QED) is 0.0261. The molecule has 0 radical (unpaired) electrons. The van der Waals surface area contributed by atoms with Gasteiger partial charge >= 0.3 is 17.9 Å². The number of ether oxygens (including phenoxy) is 3. The van der Waals surface area contributed by atoms with E-state index in [2.05, 4.69) is 93.7 Å². The van der Waals surface area contributed by atoms with Crippen LogP contribution in [0.25, 0.3) is 0 Å². The maximum Gasteiger partial charge on any atom is 0.306 e. The van der Waals surface area contributed by atoms with E-state index in [1.54, 1.807) is 0 Å². The summed E-state index contributed by atoms with van der Waals surface area (Å²) in [5.74, 6) is -0.873. The monoisotopic (exact) mass is 1070 g/mol. The normalized spacial score (nSPS) is 12.5. The molecule has 0 aliphatic heterocycles. The summed E-state index contributed by atoms with van der Waals surface area (Å²) in [5, 5.41) is 0. The molecule has 0 N–H and O–H groups in total. The van der Waals surface area contributed by atoms with E-state index in [0.29, 0.717) is 19.3 Å². The van der Waals surface area contributed by atoms with Gasteiger partial charge in [0.2, 0.25) is 0 Å². The average Bonchev–Trinajstić information content (AvgIpc) is 3.43. The third-order valence-corrected chi connectivity index (χ3v) is 14.7. The maximum atomic E-state index is 12.9. The second-order valence-electron chi connectivity index (χ2n) is 22.4. The lowest BCUT2D eigenvalue weighted by atomic mass is 10.0. The van der Waals surface area contributed by atoms with Gasteiger partial charge in [-0.25, -0.2) is 0 Å².